The van der Waals surface area contributed by atoms with E-state index < -0.39 is 30.6 Å². The lowest BCUT2D eigenvalue weighted by Gasteiger charge is -2.42. The number of rotatable bonds is 9. The number of anilines is 1. The Balaban J connectivity index is 1.86. The van der Waals surface area contributed by atoms with Crippen LogP contribution in [0.15, 0.2) is 30.9 Å². The van der Waals surface area contributed by atoms with E-state index in [-0.39, 0.29) is 42.3 Å². The zero-order valence-corrected chi connectivity index (χ0v) is 21.5. The molecule has 1 aromatic heterocycles. The highest BCUT2D eigenvalue weighted by atomic mass is 16.7. The highest BCUT2D eigenvalue weighted by molar-refractivity contribution is 5.92. The van der Waals surface area contributed by atoms with Gasteiger partial charge in [-0.15, -0.1) is 5.10 Å². The molecule has 2 aromatic rings. The number of nitrogens with zero attached hydrogens (tertiary/aromatic N) is 3. The zero-order valence-electron chi connectivity index (χ0n) is 21.5. The lowest BCUT2D eigenvalue weighted by Crippen LogP contribution is -2.55. The van der Waals surface area contributed by atoms with Crippen LogP contribution in [0.3, 0.4) is 0 Å². The molecule has 5 atom stereocenters. The Bertz CT molecular complexity index is 1120. The molecular weight excluding hydrogens is 484 g/mol. The van der Waals surface area contributed by atoms with Crippen molar-refractivity contribution >= 4 is 29.4 Å². The summed E-state index contributed by atoms with van der Waals surface area (Å²) in [6.07, 6.45) is -0.00546. The molecule has 37 heavy (non-hydrogen) atoms. The van der Waals surface area contributed by atoms with Crippen LogP contribution in [0.2, 0.25) is 0 Å². The zero-order chi connectivity index (χ0) is 27.1. The molecule has 3 rings (SSSR count). The maximum atomic E-state index is 12.4. The van der Waals surface area contributed by atoms with Crippen molar-refractivity contribution in [2.24, 2.45) is 11.8 Å². The van der Waals surface area contributed by atoms with Crippen LogP contribution in [0.1, 0.15) is 53.0 Å². The normalized spacial score (nSPS) is 23.1. The number of hydrogen-bond acceptors (Lipinski definition) is 10. The number of carbonyl (C=O) groups excluding carboxylic acids is 4. The molecule has 0 saturated carbocycles. The predicted molar refractivity (Wildman–Crippen MR) is 129 cm³/mol. The summed E-state index contributed by atoms with van der Waals surface area (Å²) in [6.45, 7) is 8.21. The fourth-order valence-electron chi connectivity index (χ4n) is 4.03. The molecule has 0 bridgehead atoms. The van der Waals surface area contributed by atoms with Gasteiger partial charge in [0.05, 0.1) is 5.69 Å². The van der Waals surface area contributed by atoms with Crippen LogP contribution < -0.4 is 10.1 Å². The SMILES string of the molecule is CCCC(=O)Nc1cc(COC(=O)n2cncn2)ccc1O[C@@H]1OC(C(C)=O)[C@@H](C)[C@H](C)C1OC(C)=O. The van der Waals surface area contributed by atoms with Crippen LogP contribution in [0.5, 0.6) is 5.75 Å². The Morgan fingerprint density at radius 2 is 1.89 bits per heavy atom. The lowest BCUT2D eigenvalue weighted by atomic mass is 9.82. The Kier molecular flexibility index (Phi) is 9.34. The fourth-order valence-corrected chi connectivity index (χ4v) is 4.03. The van der Waals surface area contributed by atoms with Crippen molar-refractivity contribution in [1.82, 2.24) is 14.8 Å². The molecule has 12 nitrogen and oxygen atoms in total. The molecule has 2 unspecified atom stereocenters. The van der Waals surface area contributed by atoms with Crippen LogP contribution in [-0.2, 0) is 35.2 Å². The summed E-state index contributed by atoms with van der Waals surface area (Å²) in [6, 6.07) is 4.84. The number of ketones is 1. The largest absolute Gasteiger partial charge is 0.459 e. The number of aromatic nitrogens is 3. The molecule has 1 aliphatic heterocycles. The molecule has 2 heterocycles. The van der Waals surface area contributed by atoms with Crippen molar-refractivity contribution in [3.05, 3.63) is 36.4 Å². The maximum absolute atomic E-state index is 12.4. The number of benzene rings is 1. The van der Waals surface area contributed by atoms with E-state index in [0.29, 0.717) is 17.7 Å². The number of amides is 1. The van der Waals surface area contributed by atoms with E-state index in [4.69, 9.17) is 18.9 Å². The summed E-state index contributed by atoms with van der Waals surface area (Å²) in [7, 11) is 0. The second kappa shape index (κ2) is 12.4. The van der Waals surface area contributed by atoms with Crippen molar-refractivity contribution in [2.75, 3.05) is 5.32 Å². The van der Waals surface area contributed by atoms with Crippen LogP contribution in [0.25, 0.3) is 0 Å². The first-order chi connectivity index (χ1) is 17.6. The van der Waals surface area contributed by atoms with Gasteiger partial charge in [0, 0.05) is 19.3 Å². The van der Waals surface area contributed by atoms with Gasteiger partial charge in [-0.3, -0.25) is 14.4 Å². The van der Waals surface area contributed by atoms with Gasteiger partial charge in [-0.2, -0.15) is 4.68 Å². The van der Waals surface area contributed by atoms with E-state index >= 15 is 0 Å². The number of ether oxygens (including phenoxy) is 4. The van der Waals surface area contributed by atoms with Crippen LogP contribution in [0.4, 0.5) is 10.5 Å². The lowest BCUT2D eigenvalue weighted by molar-refractivity contribution is -0.241. The van der Waals surface area contributed by atoms with Gasteiger partial charge >= 0.3 is 12.1 Å². The van der Waals surface area contributed by atoms with E-state index in [2.05, 4.69) is 15.4 Å². The Labute approximate surface area is 214 Å². The summed E-state index contributed by atoms with van der Waals surface area (Å²) in [5, 5.41) is 6.53. The number of Topliss-reactive ketones (excluding diaryl/α,β-unsaturated/α-hetero) is 1. The second-order valence-electron chi connectivity index (χ2n) is 8.97. The number of nitrogens with one attached hydrogen (secondary N) is 1. The minimum Gasteiger partial charge on any atom is -0.459 e. The summed E-state index contributed by atoms with van der Waals surface area (Å²) < 4.78 is 23.8. The van der Waals surface area contributed by atoms with Crippen molar-refractivity contribution in [3.8, 4) is 5.75 Å². The molecule has 1 N–H and O–H groups in total. The molecule has 1 aromatic carbocycles. The minimum atomic E-state index is -1.10. The van der Waals surface area contributed by atoms with Crippen molar-refractivity contribution in [1.29, 1.82) is 0 Å². The summed E-state index contributed by atoms with van der Waals surface area (Å²) >= 11 is 0. The van der Waals surface area contributed by atoms with Gasteiger partial charge in [-0.25, -0.2) is 9.78 Å². The molecule has 0 aliphatic carbocycles. The molecule has 0 spiro atoms. The molecule has 1 aliphatic rings. The monoisotopic (exact) mass is 516 g/mol. The number of esters is 1. The van der Waals surface area contributed by atoms with E-state index in [9.17, 15) is 19.2 Å². The van der Waals surface area contributed by atoms with Gasteiger partial charge in [-0.05, 0) is 37.0 Å². The van der Waals surface area contributed by atoms with Gasteiger partial charge in [0.1, 0.15) is 31.1 Å². The van der Waals surface area contributed by atoms with Crippen molar-refractivity contribution in [2.45, 2.75) is 72.6 Å². The third-order valence-corrected chi connectivity index (χ3v) is 6.08. The summed E-state index contributed by atoms with van der Waals surface area (Å²) in [5.74, 6) is -1.15. The molecule has 1 saturated heterocycles. The molecule has 200 valence electrons. The number of carbonyl (C=O) groups is 4. The van der Waals surface area contributed by atoms with Gasteiger partial charge in [0.15, 0.2) is 11.9 Å². The minimum absolute atomic E-state index is 0.105. The maximum Gasteiger partial charge on any atom is 0.436 e. The summed E-state index contributed by atoms with van der Waals surface area (Å²) in [4.78, 5) is 52.2. The van der Waals surface area contributed by atoms with Gasteiger partial charge in [0.2, 0.25) is 12.2 Å². The summed E-state index contributed by atoms with van der Waals surface area (Å²) in [5.41, 5.74) is 0.876. The van der Waals surface area contributed by atoms with E-state index in [0.717, 1.165) is 4.68 Å². The standard InChI is InChI=1S/C25H32N4O8/c1-6-7-21(32)28-19-10-18(11-34-25(33)29-13-26-12-27-29)8-9-20(19)36-24-23(35-17(5)31)15(3)14(2)22(37-24)16(4)30/h8-10,12-15,22-24H,6-7,11H2,1-5H3,(H,28,32)/t14-,15-,22?,23?,24+/m0/s1. The van der Waals surface area contributed by atoms with E-state index in [1.807, 2.05) is 20.8 Å². The fraction of sp³-hybridized carbons (Fsp3) is 0.520. The molecule has 1 fully saturated rings. The average molecular weight is 517 g/mol. The molecule has 1 amide bonds. The third-order valence-electron chi connectivity index (χ3n) is 6.08. The van der Waals surface area contributed by atoms with Gasteiger partial charge in [-0.1, -0.05) is 26.8 Å². The van der Waals surface area contributed by atoms with Crippen LogP contribution in [-0.4, -0.2) is 57.0 Å². The first kappa shape index (κ1) is 27.8. The second-order valence-corrected chi connectivity index (χ2v) is 8.97. The average Bonchev–Trinajstić information content (AvgIpc) is 3.38. The van der Waals surface area contributed by atoms with Crippen LogP contribution in [0, 0.1) is 11.8 Å². The van der Waals surface area contributed by atoms with Crippen molar-refractivity contribution < 1.29 is 38.1 Å². The molecule has 12 heteroatoms. The van der Waals surface area contributed by atoms with Gasteiger partial charge in [0.25, 0.3) is 0 Å². The van der Waals surface area contributed by atoms with Gasteiger partial charge < -0.3 is 24.3 Å². The third kappa shape index (κ3) is 7.13. The van der Waals surface area contributed by atoms with E-state index in [1.165, 1.54) is 26.5 Å². The molecular formula is C25H32N4O8. The Hall–Kier alpha value is -3.80. The quantitative estimate of drug-likeness (QED) is 0.493. The van der Waals surface area contributed by atoms with E-state index in [1.54, 1.807) is 18.2 Å². The Morgan fingerprint density at radius 1 is 1.14 bits per heavy atom. The van der Waals surface area contributed by atoms with Crippen molar-refractivity contribution in [3.63, 3.8) is 0 Å². The first-order valence-electron chi connectivity index (χ1n) is 12.0. The Morgan fingerprint density at radius 3 is 2.51 bits per heavy atom. The topological polar surface area (TPSA) is 148 Å². The first-order valence-corrected chi connectivity index (χ1v) is 12.0. The van der Waals surface area contributed by atoms with Crippen LogP contribution >= 0.6 is 0 Å². The highest BCUT2D eigenvalue weighted by Crippen LogP contribution is 2.36. The predicted octanol–water partition coefficient (Wildman–Crippen LogP) is 3.10. The highest BCUT2D eigenvalue weighted by Gasteiger charge is 2.46. The smallest absolute Gasteiger partial charge is 0.436 e. The molecule has 0 radical (unpaired) electrons. The number of hydrogen-bond donors (Lipinski definition) is 1.